The maximum absolute atomic E-state index is 13.9. The van der Waals surface area contributed by atoms with Crippen molar-refractivity contribution in [1.29, 1.82) is 0 Å². The molecule has 1 atom stereocenters. The molecule has 0 heterocycles. The number of nitrogens with zero attached hydrogens (tertiary/aromatic N) is 1. The van der Waals surface area contributed by atoms with E-state index in [-0.39, 0.29) is 27.4 Å². The molecule has 0 radical (unpaired) electrons. The molecule has 0 aromatic heterocycles. The van der Waals surface area contributed by atoms with Crippen molar-refractivity contribution in [3.63, 3.8) is 0 Å². The molecule has 3 aromatic rings. The monoisotopic (exact) mass is 528 g/mol. The first-order valence-corrected chi connectivity index (χ1v) is 13.4. The average Bonchev–Trinajstić information content (AvgIpc) is 2.87. The van der Waals surface area contributed by atoms with Crippen LogP contribution >= 0.6 is 11.6 Å². The molecule has 0 spiro atoms. The van der Waals surface area contributed by atoms with E-state index in [1.54, 1.807) is 31.2 Å². The molecule has 1 N–H and O–H groups in total. The van der Waals surface area contributed by atoms with Crippen molar-refractivity contribution in [2.24, 2.45) is 0 Å². The first-order chi connectivity index (χ1) is 17.2. The van der Waals surface area contributed by atoms with Gasteiger partial charge >= 0.3 is 0 Å². The van der Waals surface area contributed by atoms with Gasteiger partial charge in [0.05, 0.1) is 31.0 Å². The molecule has 4 rings (SSSR count). The van der Waals surface area contributed by atoms with Crippen molar-refractivity contribution in [1.82, 2.24) is 5.32 Å². The van der Waals surface area contributed by atoms with Crippen LogP contribution in [0.25, 0.3) is 0 Å². The molecular formula is C27H29ClN2O5S. The normalized spacial score (nSPS) is 15.1. The number of halogens is 1. The van der Waals surface area contributed by atoms with Crippen molar-refractivity contribution in [3.8, 4) is 11.5 Å². The van der Waals surface area contributed by atoms with Gasteiger partial charge in [0.1, 0.15) is 22.9 Å². The van der Waals surface area contributed by atoms with Gasteiger partial charge < -0.3 is 14.8 Å². The molecule has 0 saturated carbocycles. The zero-order valence-electron chi connectivity index (χ0n) is 20.5. The van der Waals surface area contributed by atoms with Crippen molar-refractivity contribution < 1.29 is 22.7 Å². The van der Waals surface area contributed by atoms with Gasteiger partial charge in [0.25, 0.3) is 10.0 Å². The summed E-state index contributed by atoms with van der Waals surface area (Å²) in [6.45, 7) is 1.36. The number of carbonyl (C=O) groups excluding carboxylic acids is 1. The quantitative estimate of drug-likeness (QED) is 0.442. The van der Waals surface area contributed by atoms with Crippen molar-refractivity contribution in [2.45, 2.75) is 37.1 Å². The standard InChI is InChI=1S/C27H29ClN2O5S/c1-18-11-13-25(35-3)26(15-18)36(32,33)30(20-12-14-24(34-2)22(28)16-20)17-27(31)29-23-10-6-8-19-7-4-5-9-21(19)23/h4-5,7,9,11-16,23H,6,8,10,17H2,1-3H3,(H,29,31)/t23-/m0/s1. The Morgan fingerprint density at radius 3 is 2.50 bits per heavy atom. The largest absolute Gasteiger partial charge is 0.495 e. The van der Waals surface area contributed by atoms with E-state index in [1.165, 1.54) is 31.9 Å². The van der Waals surface area contributed by atoms with Gasteiger partial charge in [-0.3, -0.25) is 9.10 Å². The number of anilines is 1. The van der Waals surface area contributed by atoms with Gasteiger partial charge in [0.2, 0.25) is 5.91 Å². The second kappa shape index (κ2) is 10.8. The SMILES string of the molecule is COc1ccc(N(CC(=O)N[C@H]2CCCc3ccccc32)S(=O)(=O)c2cc(C)ccc2OC)cc1Cl. The molecule has 0 unspecified atom stereocenters. The van der Waals surface area contributed by atoms with Crippen LogP contribution in [0.4, 0.5) is 5.69 Å². The summed E-state index contributed by atoms with van der Waals surface area (Å²) in [5.41, 5.74) is 3.25. The molecular weight excluding hydrogens is 500 g/mol. The minimum Gasteiger partial charge on any atom is -0.495 e. The van der Waals surface area contributed by atoms with E-state index >= 15 is 0 Å². The number of sulfonamides is 1. The van der Waals surface area contributed by atoms with Gasteiger partial charge in [-0.15, -0.1) is 0 Å². The molecule has 1 amide bonds. The average molecular weight is 529 g/mol. The Labute approximate surface area is 217 Å². The van der Waals surface area contributed by atoms with E-state index < -0.39 is 22.5 Å². The van der Waals surface area contributed by atoms with E-state index in [0.29, 0.717) is 5.75 Å². The molecule has 0 saturated heterocycles. The summed E-state index contributed by atoms with van der Waals surface area (Å²) in [6.07, 6.45) is 2.69. The highest BCUT2D eigenvalue weighted by Gasteiger charge is 2.32. The van der Waals surface area contributed by atoms with E-state index in [9.17, 15) is 13.2 Å². The first-order valence-electron chi connectivity index (χ1n) is 11.6. The van der Waals surface area contributed by atoms with Crippen LogP contribution < -0.4 is 19.1 Å². The summed E-state index contributed by atoms with van der Waals surface area (Å²) >= 11 is 6.33. The lowest BCUT2D eigenvalue weighted by Gasteiger charge is -2.29. The Balaban J connectivity index is 1.71. The number of carbonyl (C=O) groups is 1. The van der Waals surface area contributed by atoms with Gasteiger partial charge in [0.15, 0.2) is 0 Å². The molecule has 0 fully saturated rings. The van der Waals surface area contributed by atoms with Crippen LogP contribution in [-0.4, -0.2) is 35.1 Å². The lowest BCUT2D eigenvalue weighted by Crippen LogP contribution is -2.42. The Morgan fingerprint density at radius 1 is 1.06 bits per heavy atom. The topological polar surface area (TPSA) is 84.9 Å². The molecule has 36 heavy (non-hydrogen) atoms. The van der Waals surface area contributed by atoms with E-state index in [1.807, 2.05) is 18.2 Å². The van der Waals surface area contributed by atoms with Crippen LogP contribution in [0.5, 0.6) is 11.5 Å². The molecule has 3 aromatic carbocycles. The molecule has 190 valence electrons. The van der Waals surface area contributed by atoms with Crippen LogP contribution in [0.1, 0.15) is 35.6 Å². The third-order valence-corrected chi connectivity index (χ3v) is 8.39. The van der Waals surface area contributed by atoms with Crippen molar-refractivity contribution in [3.05, 3.63) is 82.4 Å². The van der Waals surface area contributed by atoms with E-state index in [0.717, 1.165) is 34.7 Å². The Kier molecular flexibility index (Phi) is 7.76. The van der Waals surface area contributed by atoms with Crippen LogP contribution in [0, 0.1) is 6.92 Å². The number of ether oxygens (including phenoxy) is 2. The van der Waals surface area contributed by atoms with Gasteiger partial charge in [-0.1, -0.05) is 41.9 Å². The summed E-state index contributed by atoms with van der Waals surface area (Å²) in [5, 5.41) is 3.27. The zero-order valence-corrected chi connectivity index (χ0v) is 22.0. The Bertz CT molecular complexity index is 1380. The molecule has 7 nitrogen and oxygen atoms in total. The molecule has 0 bridgehead atoms. The highest BCUT2D eigenvalue weighted by Crippen LogP contribution is 2.35. The maximum Gasteiger partial charge on any atom is 0.268 e. The van der Waals surface area contributed by atoms with E-state index in [4.69, 9.17) is 21.1 Å². The number of hydrogen-bond donors (Lipinski definition) is 1. The third-order valence-electron chi connectivity index (χ3n) is 6.30. The predicted molar refractivity (Wildman–Crippen MR) is 141 cm³/mol. The number of amides is 1. The minimum atomic E-state index is -4.20. The number of rotatable bonds is 8. The first kappa shape index (κ1) is 25.9. The van der Waals surface area contributed by atoms with Crippen LogP contribution in [-0.2, 0) is 21.2 Å². The van der Waals surface area contributed by atoms with Crippen molar-refractivity contribution in [2.75, 3.05) is 25.1 Å². The van der Waals surface area contributed by atoms with Crippen LogP contribution in [0.2, 0.25) is 5.02 Å². The second-order valence-corrected chi connectivity index (χ2v) is 10.9. The van der Waals surface area contributed by atoms with E-state index in [2.05, 4.69) is 11.4 Å². The number of fused-ring (bicyclic) bond motifs is 1. The fourth-order valence-electron chi connectivity index (χ4n) is 4.50. The summed E-state index contributed by atoms with van der Waals surface area (Å²) in [4.78, 5) is 13.3. The van der Waals surface area contributed by atoms with Crippen LogP contribution in [0.15, 0.2) is 65.6 Å². The molecule has 0 aliphatic heterocycles. The summed E-state index contributed by atoms with van der Waals surface area (Å²) in [6, 6.07) is 17.3. The molecule has 1 aliphatic rings. The van der Waals surface area contributed by atoms with Gasteiger partial charge in [-0.2, -0.15) is 0 Å². The number of methoxy groups -OCH3 is 2. The summed E-state index contributed by atoms with van der Waals surface area (Å²) < 4.78 is 39.5. The van der Waals surface area contributed by atoms with Gasteiger partial charge in [0, 0.05) is 0 Å². The Hall–Kier alpha value is -3.23. The minimum absolute atomic E-state index is 0.0345. The van der Waals surface area contributed by atoms with Crippen molar-refractivity contribution >= 4 is 33.2 Å². The number of nitrogens with one attached hydrogen (secondary N) is 1. The lowest BCUT2D eigenvalue weighted by molar-refractivity contribution is -0.120. The number of benzene rings is 3. The molecule has 1 aliphatic carbocycles. The maximum atomic E-state index is 13.9. The fraction of sp³-hybridized carbons (Fsp3) is 0.296. The number of aryl methyl sites for hydroxylation is 2. The molecule has 9 heteroatoms. The zero-order chi connectivity index (χ0) is 25.9. The Morgan fingerprint density at radius 2 is 1.78 bits per heavy atom. The predicted octanol–water partition coefficient (Wildman–Crippen LogP) is 5.05. The lowest BCUT2D eigenvalue weighted by atomic mass is 9.88. The summed E-state index contributed by atoms with van der Waals surface area (Å²) in [7, 11) is -1.32. The smallest absolute Gasteiger partial charge is 0.268 e. The fourth-order valence-corrected chi connectivity index (χ4v) is 6.41. The van der Waals surface area contributed by atoms with Gasteiger partial charge in [-0.25, -0.2) is 8.42 Å². The highest BCUT2D eigenvalue weighted by molar-refractivity contribution is 7.93. The summed E-state index contributed by atoms with van der Waals surface area (Å²) in [5.74, 6) is 0.167. The third kappa shape index (κ3) is 5.29. The second-order valence-electron chi connectivity index (χ2n) is 8.70. The number of hydrogen-bond acceptors (Lipinski definition) is 5. The van der Waals surface area contributed by atoms with Gasteiger partial charge in [-0.05, 0) is 73.2 Å². The van der Waals surface area contributed by atoms with Crippen LogP contribution in [0.3, 0.4) is 0 Å². The highest BCUT2D eigenvalue weighted by atomic mass is 35.5.